The summed E-state index contributed by atoms with van der Waals surface area (Å²) in [5.41, 5.74) is 1.18. The second-order valence-corrected chi connectivity index (χ2v) is 5.47. The molecule has 0 aliphatic carbocycles. The van der Waals surface area contributed by atoms with Crippen LogP contribution in [0, 0.1) is 0 Å². The van der Waals surface area contributed by atoms with Gasteiger partial charge in [0.2, 0.25) is 0 Å². The highest BCUT2D eigenvalue weighted by Crippen LogP contribution is 2.23. The van der Waals surface area contributed by atoms with Gasteiger partial charge in [-0.05, 0) is 38.1 Å². The van der Waals surface area contributed by atoms with E-state index in [1.165, 1.54) is 0 Å². The average Bonchev–Trinajstić information content (AvgIpc) is 2.97. The van der Waals surface area contributed by atoms with Gasteiger partial charge in [-0.3, -0.25) is 4.90 Å². The first kappa shape index (κ1) is 15.8. The standard InChI is InChI=1S/C16H25N3O2/c1-4-13-9-12(16(20)21)10-15(17-13)19-8-7-14(11-19)18(5-2)6-3/h9-10,14H,4-8,11H2,1-3H3,(H,20,21). The summed E-state index contributed by atoms with van der Waals surface area (Å²) in [7, 11) is 0. The minimum absolute atomic E-state index is 0.336. The van der Waals surface area contributed by atoms with Gasteiger partial charge in [0.1, 0.15) is 5.82 Å². The van der Waals surface area contributed by atoms with Gasteiger partial charge >= 0.3 is 5.97 Å². The number of aromatic carboxylic acids is 1. The van der Waals surface area contributed by atoms with Gasteiger partial charge < -0.3 is 10.0 Å². The Labute approximate surface area is 126 Å². The van der Waals surface area contributed by atoms with Crippen LogP contribution in [-0.2, 0) is 6.42 Å². The summed E-state index contributed by atoms with van der Waals surface area (Å²) < 4.78 is 0. The molecule has 0 saturated carbocycles. The Bertz CT molecular complexity index is 500. The molecule has 0 spiro atoms. The summed E-state index contributed by atoms with van der Waals surface area (Å²) in [6.45, 7) is 10.4. The number of aromatic nitrogens is 1. The molecule has 1 aliphatic rings. The topological polar surface area (TPSA) is 56.7 Å². The van der Waals surface area contributed by atoms with E-state index in [-0.39, 0.29) is 0 Å². The van der Waals surface area contributed by atoms with E-state index in [1.54, 1.807) is 12.1 Å². The van der Waals surface area contributed by atoms with Crippen LogP contribution in [0.25, 0.3) is 0 Å². The van der Waals surface area contributed by atoms with Crippen LogP contribution in [0.15, 0.2) is 12.1 Å². The van der Waals surface area contributed by atoms with Crippen molar-refractivity contribution in [3.63, 3.8) is 0 Å². The van der Waals surface area contributed by atoms with Gasteiger partial charge in [0.25, 0.3) is 0 Å². The predicted octanol–water partition coefficient (Wildman–Crippen LogP) is 2.26. The number of hydrogen-bond acceptors (Lipinski definition) is 4. The van der Waals surface area contributed by atoms with Crippen LogP contribution >= 0.6 is 0 Å². The fraction of sp³-hybridized carbons (Fsp3) is 0.625. The van der Waals surface area contributed by atoms with Gasteiger partial charge in [-0.1, -0.05) is 20.8 Å². The first-order valence-corrected chi connectivity index (χ1v) is 7.82. The van der Waals surface area contributed by atoms with Crippen molar-refractivity contribution in [2.75, 3.05) is 31.1 Å². The number of likely N-dealkylation sites (N-methyl/N-ethyl adjacent to an activating group) is 1. The van der Waals surface area contributed by atoms with Crippen molar-refractivity contribution < 1.29 is 9.90 Å². The van der Waals surface area contributed by atoms with Crippen LogP contribution in [0.1, 0.15) is 43.2 Å². The van der Waals surface area contributed by atoms with Crippen LogP contribution in [0.5, 0.6) is 0 Å². The zero-order valence-corrected chi connectivity index (χ0v) is 13.2. The monoisotopic (exact) mass is 291 g/mol. The van der Waals surface area contributed by atoms with E-state index in [0.717, 1.165) is 50.5 Å². The van der Waals surface area contributed by atoms with Crippen LogP contribution in [0.3, 0.4) is 0 Å². The van der Waals surface area contributed by atoms with Gasteiger partial charge in [0, 0.05) is 24.8 Å². The second kappa shape index (κ2) is 6.89. The summed E-state index contributed by atoms with van der Waals surface area (Å²) in [6.07, 6.45) is 1.86. The Kier molecular flexibility index (Phi) is 5.17. The molecule has 5 heteroatoms. The molecule has 1 aromatic rings. The third-order valence-corrected chi connectivity index (χ3v) is 4.29. The SMILES string of the molecule is CCc1cc(C(=O)O)cc(N2CCC(N(CC)CC)C2)n1. The minimum Gasteiger partial charge on any atom is -0.478 e. The van der Waals surface area contributed by atoms with Crippen molar-refractivity contribution in [2.24, 2.45) is 0 Å². The van der Waals surface area contributed by atoms with E-state index in [1.807, 2.05) is 6.92 Å². The van der Waals surface area contributed by atoms with E-state index in [0.29, 0.717) is 11.6 Å². The zero-order chi connectivity index (χ0) is 15.4. The number of aryl methyl sites for hydroxylation is 1. The highest BCUT2D eigenvalue weighted by atomic mass is 16.4. The Hall–Kier alpha value is -1.62. The summed E-state index contributed by atoms with van der Waals surface area (Å²) in [5, 5.41) is 9.23. The van der Waals surface area contributed by atoms with E-state index in [4.69, 9.17) is 0 Å². The van der Waals surface area contributed by atoms with Crippen LogP contribution in [0.2, 0.25) is 0 Å². The Morgan fingerprint density at radius 1 is 1.38 bits per heavy atom. The lowest BCUT2D eigenvalue weighted by atomic mass is 10.2. The molecule has 1 aliphatic heterocycles. The number of nitrogens with zero attached hydrogens (tertiary/aromatic N) is 3. The predicted molar refractivity (Wildman–Crippen MR) is 84.1 cm³/mol. The minimum atomic E-state index is -0.882. The fourth-order valence-corrected chi connectivity index (χ4v) is 3.03. The normalized spacial score (nSPS) is 18.5. The smallest absolute Gasteiger partial charge is 0.335 e. The lowest BCUT2D eigenvalue weighted by Gasteiger charge is -2.26. The molecule has 0 bridgehead atoms. The fourth-order valence-electron chi connectivity index (χ4n) is 3.03. The highest BCUT2D eigenvalue weighted by Gasteiger charge is 2.27. The number of hydrogen-bond donors (Lipinski definition) is 1. The van der Waals surface area contributed by atoms with Gasteiger partial charge in [-0.2, -0.15) is 0 Å². The van der Waals surface area contributed by atoms with Crippen molar-refractivity contribution in [3.05, 3.63) is 23.4 Å². The number of anilines is 1. The summed E-state index contributed by atoms with van der Waals surface area (Å²) in [6, 6.07) is 3.91. The molecule has 1 saturated heterocycles. The van der Waals surface area contributed by atoms with Crippen LogP contribution < -0.4 is 4.90 Å². The zero-order valence-electron chi connectivity index (χ0n) is 13.2. The number of carboxylic acid groups (broad SMARTS) is 1. The molecule has 1 aromatic heterocycles. The maximum absolute atomic E-state index is 11.2. The van der Waals surface area contributed by atoms with Crippen molar-refractivity contribution in [1.82, 2.24) is 9.88 Å². The lowest BCUT2D eigenvalue weighted by Crippen LogP contribution is -2.37. The summed E-state index contributed by atoms with van der Waals surface area (Å²) in [4.78, 5) is 20.5. The number of carbonyl (C=O) groups is 1. The molecule has 1 unspecified atom stereocenters. The number of rotatable bonds is 6. The number of carboxylic acids is 1. The summed E-state index contributed by atoms with van der Waals surface area (Å²) >= 11 is 0. The molecule has 5 nitrogen and oxygen atoms in total. The quantitative estimate of drug-likeness (QED) is 0.871. The maximum atomic E-state index is 11.2. The molecule has 2 rings (SSSR count). The van der Waals surface area contributed by atoms with Crippen molar-refractivity contribution >= 4 is 11.8 Å². The maximum Gasteiger partial charge on any atom is 0.335 e. The van der Waals surface area contributed by atoms with E-state index in [9.17, 15) is 9.90 Å². The third-order valence-electron chi connectivity index (χ3n) is 4.29. The Morgan fingerprint density at radius 3 is 2.67 bits per heavy atom. The van der Waals surface area contributed by atoms with E-state index >= 15 is 0 Å². The average molecular weight is 291 g/mol. The molecule has 0 amide bonds. The Balaban J connectivity index is 2.19. The molecule has 21 heavy (non-hydrogen) atoms. The van der Waals surface area contributed by atoms with Crippen LogP contribution in [0.4, 0.5) is 5.82 Å². The van der Waals surface area contributed by atoms with Crippen molar-refractivity contribution in [3.8, 4) is 0 Å². The second-order valence-electron chi connectivity index (χ2n) is 5.47. The first-order chi connectivity index (χ1) is 10.1. The van der Waals surface area contributed by atoms with Gasteiger partial charge in [0.05, 0.1) is 5.56 Å². The molecule has 1 atom stereocenters. The van der Waals surface area contributed by atoms with Gasteiger partial charge in [-0.15, -0.1) is 0 Å². The lowest BCUT2D eigenvalue weighted by molar-refractivity contribution is 0.0696. The molecular formula is C16H25N3O2. The molecule has 1 fully saturated rings. The van der Waals surface area contributed by atoms with Gasteiger partial charge in [0.15, 0.2) is 0 Å². The van der Waals surface area contributed by atoms with Crippen LogP contribution in [-0.4, -0.2) is 53.2 Å². The van der Waals surface area contributed by atoms with Crippen molar-refractivity contribution in [2.45, 2.75) is 39.7 Å². The van der Waals surface area contributed by atoms with E-state index < -0.39 is 5.97 Å². The molecule has 0 aromatic carbocycles. The molecule has 0 radical (unpaired) electrons. The third kappa shape index (κ3) is 3.53. The molecule has 2 heterocycles. The van der Waals surface area contributed by atoms with Gasteiger partial charge in [-0.25, -0.2) is 9.78 Å². The highest BCUT2D eigenvalue weighted by molar-refractivity contribution is 5.88. The Morgan fingerprint density at radius 2 is 2.10 bits per heavy atom. The van der Waals surface area contributed by atoms with E-state index in [2.05, 4.69) is 28.6 Å². The summed E-state index contributed by atoms with van der Waals surface area (Å²) in [5.74, 6) is -0.0748. The molecule has 1 N–H and O–H groups in total. The largest absolute Gasteiger partial charge is 0.478 e. The van der Waals surface area contributed by atoms with Crippen molar-refractivity contribution in [1.29, 1.82) is 0 Å². The first-order valence-electron chi connectivity index (χ1n) is 7.82. The number of pyridine rings is 1. The molecular weight excluding hydrogens is 266 g/mol. The molecule has 116 valence electrons.